The summed E-state index contributed by atoms with van der Waals surface area (Å²) in [4.78, 5) is 37.5. The predicted octanol–water partition coefficient (Wildman–Crippen LogP) is 1.07. The van der Waals surface area contributed by atoms with Crippen LogP contribution in [0.25, 0.3) is 0 Å². The van der Waals surface area contributed by atoms with E-state index in [1.807, 2.05) is 48.5 Å². The van der Waals surface area contributed by atoms with Crippen molar-refractivity contribution in [1.82, 2.24) is 0 Å². The zero-order valence-corrected chi connectivity index (χ0v) is 17.9. The summed E-state index contributed by atoms with van der Waals surface area (Å²) in [5.74, 6) is -2.27. The van der Waals surface area contributed by atoms with Crippen molar-refractivity contribution < 1.29 is 23.9 Å². The van der Waals surface area contributed by atoms with Crippen molar-refractivity contribution in [1.29, 1.82) is 0 Å². The maximum atomic E-state index is 12.8. The second-order valence-electron chi connectivity index (χ2n) is 6.74. The van der Waals surface area contributed by atoms with E-state index < -0.39 is 31.2 Å². The zero-order valence-electron chi connectivity index (χ0n) is 16.2. The fraction of sp³-hybridized carbons (Fsp3) is 0.273. The molecule has 2 aromatic rings. The molecule has 0 N–H and O–H groups in total. The zero-order chi connectivity index (χ0) is 20.4. The second-order valence-corrected chi connectivity index (χ2v) is 10.7. The van der Waals surface area contributed by atoms with E-state index in [2.05, 4.69) is 18.6 Å². The molecule has 0 aliphatic carbocycles. The van der Waals surface area contributed by atoms with Gasteiger partial charge in [0.1, 0.15) is 0 Å². The first-order valence-corrected chi connectivity index (χ1v) is 11.5. The van der Waals surface area contributed by atoms with Crippen molar-refractivity contribution in [2.24, 2.45) is 5.92 Å². The van der Waals surface area contributed by atoms with E-state index >= 15 is 0 Å². The summed E-state index contributed by atoms with van der Waals surface area (Å²) in [6.45, 7) is 4.31. The first-order valence-electron chi connectivity index (χ1n) is 8.92. The quantitative estimate of drug-likeness (QED) is 0.305. The van der Waals surface area contributed by atoms with Crippen LogP contribution in [-0.2, 0) is 23.9 Å². The number of hydrogen-bond donors (Lipinski definition) is 0. The van der Waals surface area contributed by atoms with E-state index in [1.54, 1.807) is 0 Å². The molecule has 0 radical (unpaired) electrons. The number of carbonyl (C=O) groups is 3. The molecule has 0 spiro atoms. The third kappa shape index (κ3) is 3.34. The SMILES string of the molecule is COC(=O)C(=O)C(C(=O)OC)=[Se]1c2ccccc2C(C(C)C)c2ccccc21. The molecule has 146 valence electrons. The van der Waals surface area contributed by atoms with Crippen LogP contribution in [0.4, 0.5) is 0 Å². The Bertz CT molecular complexity index is 940. The number of methoxy groups -OCH3 is 2. The Labute approximate surface area is 168 Å². The summed E-state index contributed by atoms with van der Waals surface area (Å²) in [7, 11) is 2.35. The molecule has 1 aliphatic heterocycles. The average Bonchev–Trinajstić information content (AvgIpc) is 2.71. The van der Waals surface area contributed by atoms with E-state index in [0.717, 1.165) is 27.2 Å². The minimum atomic E-state index is -2.34. The average molecular weight is 445 g/mol. The third-order valence-corrected chi connectivity index (χ3v) is 9.77. The van der Waals surface area contributed by atoms with Gasteiger partial charge in [-0.15, -0.1) is 0 Å². The van der Waals surface area contributed by atoms with Crippen molar-refractivity contribution in [3.05, 3.63) is 59.7 Å². The molecule has 1 heterocycles. The molecule has 0 unspecified atom stereocenters. The summed E-state index contributed by atoms with van der Waals surface area (Å²) in [5.41, 5.74) is 2.19. The van der Waals surface area contributed by atoms with Gasteiger partial charge in [-0.25, -0.2) is 0 Å². The molecule has 2 aromatic carbocycles. The van der Waals surface area contributed by atoms with Crippen molar-refractivity contribution in [3.63, 3.8) is 0 Å². The van der Waals surface area contributed by atoms with Gasteiger partial charge in [-0.1, -0.05) is 0 Å². The summed E-state index contributed by atoms with van der Waals surface area (Å²) >= 11 is -2.34. The second kappa shape index (κ2) is 8.21. The summed E-state index contributed by atoms with van der Waals surface area (Å²) < 4.78 is 11.3. The van der Waals surface area contributed by atoms with Crippen LogP contribution in [0.5, 0.6) is 0 Å². The van der Waals surface area contributed by atoms with E-state index in [0.29, 0.717) is 5.92 Å². The number of esters is 2. The van der Waals surface area contributed by atoms with Crippen LogP contribution in [-0.4, -0.2) is 49.8 Å². The first-order chi connectivity index (χ1) is 13.4. The van der Waals surface area contributed by atoms with Gasteiger partial charge in [0, 0.05) is 0 Å². The van der Waals surface area contributed by atoms with Gasteiger partial charge in [-0.2, -0.15) is 0 Å². The van der Waals surface area contributed by atoms with E-state index in [-0.39, 0.29) is 10.3 Å². The van der Waals surface area contributed by atoms with Gasteiger partial charge in [0.2, 0.25) is 0 Å². The molecule has 0 atom stereocenters. The number of Topliss-reactive ketones (excluding diaryl/α,β-unsaturated/α-hetero) is 1. The van der Waals surface area contributed by atoms with Gasteiger partial charge in [0.25, 0.3) is 0 Å². The van der Waals surface area contributed by atoms with Gasteiger partial charge in [-0.3, -0.25) is 0 Å². The first kappa shape index (κ1) is 20.2. The minimum absolute atomic E-state index is 0.101. The molecule has 0 saturated carbocycles. The van der Waals surface area contributed by atoms with Crippen molar-refractivity contribution in [2.45, 2.75) is 19.8 Å². The molecule has 0 aromatic heterocycles. The number of benzene rings is 2. The summed E-state index contributed by atoms with van der Waals surface area (Å²) in [6.07, 6.45) is 0. The van der Waals surface area contributed by atoms with Gasteiger partial charge in [0.05, 0.1) is 0 Å². The van der Waals surface area contributed by atoms with Gasteiger partial charge >= 0.3 is 168 Å². The predicted molar refractivity (Wildman–Crippen MR) is 109 cm³/mol. The Morgan fingerprint density at radius 3 is 1.71 bits per heavy atom. The molecule has 0 bridgehead atoms. The van der Waals surface area contributed by atoms with Crippen LogP contribution in [0, 0.1) is 5.92 Å². The van der Waals surface area contributed by atoms with Crippen molar-refractivity contribution >= 4 is 44.5 Å². The molecule has 1 aliphatic rings. The fourth-order valence-electron chi connectivity index (χ4n) is 3.62. The van der Waals surface area contributed by atoms with E-state index in [1.165, 1.54) is 7.11 Å². The Morgan fingerprint density at radius 1 is 0.821 bits per heavy atom. The molecular formula is C22H22O5Se. The number of hydrogen-bond acceptors (Lipinski definition) is 5. The molecular weight excluding hydrogens is 423 g/mol. The van der Waals surface area contributed by atoms with Crippen LogP contribution in [0.2, 0.25) is 0 Å². The van der Waals surface area contributed by atoms with E-state index in [9.17, 15) is 14.4 Å². The molecule has 0 amide bonds. The number of ether oxygens (including phenoxy) is 2. The topological polar surface area (TPSA) is 69.7 Å². The van der Waals surface area contributed by atoms with Gasteiger partial charge < -0.3 is 0 Å². The number of fused-ring (bicyclic) bond motifs is 2. The van der Waals surface area contributed by atoms with Crippen molar-refractivity contribution in [2.75, 3.05) is 14.2 Å². The van der Waals surface area contributed by atoms with Crippen LogP contribution < -0.4 is 8.92 Å². The number of carbonyl (C=O) groups excluding carboxylic acids is 3. The monoisotopic (exact) mass is 446 g/mol. The van der Waals surface area contributed by atoms with Crippen molar-refractivity contribution in [3.8, 4) is 0 Å². The Hall–Kier alpha value is -2.56. The molecule has 0 saturated heterocycles. The van der Waals surface area contributed by atoms with Gasteiger partial charge in [-0.05, 0) is 0 Å². The third-order valence-electron chi connectivity index (χ3n) is 4.77. The molecule has 6 heteroatoms. The van der Waals surface area contributed by atoms with E-state index in [4.69, 9.17) is 4.74 Å². The summed E-state index contributed by atoms with van der Waals surface area (Å²) in [6, 6.07) is 15.7. The van der Waals surface area contributed by atoms with Crippen LogP contribution in [0.3, 0.4) is 0 Å². The summed E-state index contributed by atoms with van der Waals surface area (Å²) in [5, 5.41) is 0. The fourth-order valence-corrected chi connectivity index (χ4v) is 8.83. The molecule has 5 nitrogen and oxygen atoms in total. The standard InChI is InChI=1S/C22H22O5Se/c1-13(2)18-14-9-5-7-11-16(14)28(17-12-8-6-10-15(17)18)20(22(25)27-4)19(23)21(24)26-3/h5-13,18H,1-4H3. The van der Waals surface area contributed by atoms with Crippen LogP contribution in [0.15, 0.2) is 48.5 Å². The Morgan fingerprint density at radius 2 is 1.29 bits per heavy atom. The number of rotatable bonds is 4. The maximum absolute atomic E-state index is 12.8. The molecule has 28 heavy (non-hydrogen) atoms. The number of ketones is 1. The Kier molecular flexibility index (Phi) is 5.92. The van der Waals surface area contributed by atoms with Crippen LogP contribution >= 0.6 is 0 Å². The van der Waals surface area contributed by atoms with Crippen LogP contribution in [0.1, 0.15) is 30.9 Å². The normalized spacial score (nSPS) is 17.3. The molecule has 0 fully saturated rings. The van der Waals surface area contributed by atoms with Gasteiger partial charge in [0.15, 0.2) is 0 Å². The molecule has 3 rings (SSSR count). The Balaban J connectivity index is 2.44.